The summed E-state index contributed by atoms with van der Waals surface area (Å²) >= 11 is 3.25. The fourth-order valence-corrected chi connectivity index (χ4v) is 1.36. The van der Waals surface area contributed by atoms with Crippen molar-refractivity contribution >= 4 is 27.3 Å². The lowest BCUT2D eigenvalue weighted by atomic mass is 10.2. The maximum absolute atomic E-state index is 12.1. The molecule has 0 saturated heterocycles. The smallest absolute Gasteiger partial charge is 0.359 e. The molecule has 17 heavy (non-hydrogen) atoms. The standard InChI is InChI=1S/C11H10BrF3N2/c1-7(6-10(16)11(13,14)15)17-9-4-2-8(12)3-5-9/h2-6,16-17H,1H3/b7-6-,16-10?. The second-order valence-corrected chi connectivity index (χ2v) is 4.29. The highest BCUT2D eigenvalue weighted by atomic mass is 79.9. The van der Waals surface area contributed by atoms with E-state index >= 15 is 0 Å². The predicted octanol–water partition coefficient (Wildman–Crippen LogP) is 4.35. The molecule has 0 spiro atoms. The summed E-state index contributed by atoms with van der Waals surface area (Å²) < 4.78 is 37.2. The summed E-state index contributed by atoms with van der Waals surface area (Å²) in [7, 11) is 0. The van der Waals surface area contributed by atoms with E-state index < -0.39 is 11.9 Å². The maximum Gasteiger partial charge on any atom is 0.432 e. The molecule has 1 aromatic carbocycles. The number of allylic oxidation sites excluding steroid dienone is 2. The second kappa shape index (κ2) is 5.35. The second-order valence-electron chi connectivity index (χ2n) is 3.37. The Labute approximate surface area is 105 Å². The largest absolute Gasteiger partial charge is 0.432 e. The van der Waals surface area contributed by atoms with Gasteiger partial charge in [-0.1, -0.05) is 15.9 Å². The van der Waals surface area contributed by atoms with Crippen LogP contribution in [0.5, 0.6) is 0 Å². The Morgan fingerprint density at radius 2 is 1.82 bits per heavy atom. The lowest BCUT2D eigenvalue weighted by Gasteiger charge is -2.08. The van der Waals surface area contributed by atoms with Crippen LogP contribution in [0.15, 0.2) is 40.5 Å². The molecule has 0 amide bonds. The van der Waals surface area contributed by atoms with Crippen molar-refractivity contribution in [1.82, 2.24) is 0 Å². The number of hydrogen-bond acceptors (Lipinski definition) is 2. The number of hydrogen-bond donors (Lipinski definition) is 2. The molecule has 92 valence electrons. The third-order valence-electron chi connectivity index (χ3n) is 1.85. The Hall–Kier alpha value is -1.30. The van der Waals surface area contributed by atoms with Gasteiger partial charge in [-0.25, -0.2) is 0 Å². The summed E-state index contributed by atoms with van der Waals surface area (Å²) in [5.74, 6) is 0. The first-order valence-electron chi connectivity index (χ1n) is 4.65. The summed E-state index contributed by atoms with van der Waals surface area (Å²) in [5, 5.41) is 9.59. The molecule has 0 fully saturated rings. The minimum absolute atomic E-state index is 0.259. The van der Waals surface area contributed by atoms with Crippen LogP contribution in [0.1, 0.15) is 6.92 Å². The highest BCUT2D eigenvalue weighted by molar-refractivity contribution is 9.10. The molecule has 1 rings (SSSR count). The van der Waals surface area contributed by atoms with E-state index in [-0.39, 0.29) is 5.70 Å². The Kier molecular flexibility index (Phi) is 4.34. The number of alkyl halides is 3. The maximum atomic E-state index is 12.1. The van der Waals surface area contributed by atoms with Gasteiger partial charge in [0.25, 0.3) is 0 Å². The zero-order valence-electron chi connectivity index (χ0n) is 8.90. The summed E-state index contributed by atoms with van der Waals surface area (Å²) in [4.78, 5) is 0. The number of rotatable bonds is 3. The van der Waals surface area contributed by atoms with Gasteiger partial charge in [0, 0.05) is 15.9 Å². The van der Waals surface area contributed by atoms with Crippen molar-refractivity contribution in [3.63, 3.8) is 0 Å². The van der Waals surface area contributed by atoms with Gasteiger partial charge < -0.3 is 5.32 Å². The van der Waals surface area contributed by atoms with E-state index in [1.807, 2.05) is 0 Å². The Morgan fingerprint density at radius 1 is 1.29 bits per heavy atom. The monoisotopic (exact) mass is 306 g/mol. The van der Waals surface area contributed by atoms with Crippen LogP contribution < -0.4 is 5.32 Å². The van der Waals surface area contributed by atoms with Crippen molar-refractivity contribution in [3.8, 4) is 0 Å². The van der Waals surface area contributed by atoms with E-state index in [1.165, 1.54) is 6.92 Å². The molecule has 0 saturated carbocycles. The van der Waals surface area contributed by atoms with Crippen molar-refractivity contribution < 1.29 is 13.2 Å². The number of benzene rings is 1. The zero-order valence-corrected chi connectivity index (χ0v) is 10.5. The highest BCUT2D eigenvalue weighted by Gasteiger charge is 2.32. The Bertz CT molecular complexity index is 435. The molecule has 0 radical (unpaired) electrons. The van der Waals surface area contributed by atoms with Crippen molar-refractivity contribution in [3.05, 3.63) is 40.5 Å². The SMILES string of the molecule is C/C(=C/C(=N)C(F)(F)F)Nc1ccc(Br)cc1. The molecule has 2 N–H and O–H groups in total. The Morgan fingerprint density at radius 3 is 2.29 bits per heavy atom. The average molecular weight is 307 g/mol. The molecule has 0 atom stereocenters. The minimum atomic E-state index is -4.61. The molecule has 0 aromatic heterocycles. The summed E-state index contributed by atoms with van der Waals surface area (Å²) in [6.45, 7) is 1.47. The molecule has 2 nitrogen and oxygen atoms in total. The molecule has 0 aliphatic heterocycles. The molecule has 0 bridgehead atoms. The highest BCUT2D eigenvalue weighted by Crippen LogP contribution is 2.19. The third-order valence-corrected chi connectivity index (χ3v) is 2.38. The van der Waals surface area contributed by atoms with Crippen LogP contribution in [-0.4, -0.2) is 11.9 Å². The van der Waals surface area contributed by atoms with Crippen molar-refractivity contribution in [2.45, 2.75) is 13.1 Å². The van der Waals surface area contributed by atoms with E-state index in [2.05, 4.69) is 21.2 Å². The van der Waals surface area contributed by atoms with Gasteiger partial charge in [-0.15, -0.1) is 0 Å². The Balaban J connectivity index is 2.72. The summed E-state index contributed by atoms with van der Waals surface area (Å²) in [6, 6.07) is 6.98. The van der Waals surface area contributed by atoms with Crippen LogP contribution in [0, 0.1) is 5.41 Å². The van der Waals surface area contributed by atoms with Crippen molar-refractivity contribution in [1.29, 1.82) is 5.41 Å². The fraction of sp³-hybridized carbons (Fsp3) is 0.182. The van der Waals surface area contributed by atoms with Crippen LogP contribution in [0.25, 0.3) is 0 Å². The number of anilines is 1. The van der Waals surface area contributed by atoms with Gasteiger partial charge >= 0.3 is 6.18 Å². The first-order chi connectivity index (χ1) is 7.79. The van der Waals surface area contributed by atoms with Crippen molar-refractivity contribution in [2.75, 3.05) is 5.32 Å². The molecule has 0 aliphatic rings. The van der Waals surface area contributed by atoms with E-state index in [9.17, 15) is 13.2 Å². The van der Waals surface area contributed by atoms with Gasteiger partial charge in [-0.3, -0.25) is 5.41 Å². The molecular weight excluding hydrogens is 297 g/mol. The number of halogens is 4. The van der Waals surface area contributed by atoms with Crippen LogP contribution in [0.3, 0.4) is 0 Å². The summed E-state index contributed by atoms with van der Waals surface area (Å²) in [6.07, 6.45) is -3.86. The third kappa shape index (κ3) is 4.60. The molecule has 0 unspecified atom stereocenters. The van der Waals surface area contributed by atoms with Crippen LogP contribution >= 0.6 is 15.9 Å². The molecular formula is C11H10BrF3N2. The lowest BCUT2D eigenvalue weighted by molar-refractivity contribution is -0.0584. The quantitative estimate of drug-likeness (QED) is 0.800. The normalized spacial score (nSPS) is 12.4. The first kappa shape index (κ1) is 13.8. The lowest BCUT2D eigenvalue weighted by Crippen LogP contribution is -2.20. The van der Waals surface area contributed by atoms with E-state index in [0.29, 0.717) is 5.69 Å². The number of nitrogens with one attached hydrogen (secondary N) is 2. The minimum Gasteiger partial charge on any atom is -0.359 e. The molecule has 0 aliphatic carbocycles. The van der Waals surface area contributed by atoms with Gasteiger partial charge in [0.2, 0.25) is 0 Å². The summed E-state index contributed by atoms with van der Waals surface area (Å²) in [5.41, 5.74) is -0.453. The van der Waals surface area contributed by atoms with Crippen LogP contribution in [-0.2, 0) is 0 Å². The van der Waals surface area contributed by atoms with Crippen molar-refractivity contribution in [2.24, 2.45) is 0 Å². The van der Waals surface area contributed by atoms with Gasteiger partial charge in [0.05, 0.1) is 0 Å². The molecule has 6 heteroatoms. The van der Waals surface area contributed by atoms with E-state index in [4.69, 9.17) is 5.41 Å². The topological polar surface area (TPSA) is 35.9 Å². The van der Waals surface area contributed by atoms with Gasteiger partial charge in [0.1, 0.15) is 5.71 Å². The van der Waals surface area contributed by atoms with Gasteiger partial charge in [0.15, 0.2) is 0 Å². The molecule has 1 aromatic rings. The molecule has 0 heterocycles. The zero-order chi connectivity index (χ0) is 13.1. The fourth-order valence-electron chi connectivity index (χ4n) is 1.10. The van der Waals surface area contributed by atoms with E-state index in [1.54, 1.807) is 24.3 Å². The predicted molar refractivity (Wildman–Crippen MR) is 65.3 cm³/mol. The van der Waals surface area contributed by atoms with Crippen LogP contribution in [0.2, 0.25) is 0 Å². The average Bonchev–Trinajstić information content (AvgIpc) is 2.20. The van der Waals surface area contributed by atoms with Gasteiger partial charge in [-0.05, 0) is 37.3 Å². The first-order valence-corrected chi connectivity index (χ1v) is 5.45. The van der Waals surface area contributed by atoms with Crippen LogP contribution in [0.4, 0.5) is 18.9 Å². The van der Waals surface area contributed by atoms with E-state index in [0.717, 1.165) is 10.5 Å². The van der Waals surface area contributed by atoms with Gasteiger partial charge in [-0.2, -0.15) is 13.2 Å².